The molecule has 3 aromatic rings. The molecule has 31 heavy (non-hydrogen) atoms. The van der Waals surface area contributed by atoms with Gasteiger partial charge >= 0.3 is 6.18 Å². The molecule has 0 saturated heterocycles. The molecule has 3 nitrogen and oxygen atoms in total. The normalized spacial score (nSPS) is 12.8. The van der Waals surface area contributed by atoms with Gasteiger partial charge in [0.2, 0.25) is 0 Å². The van der Waals surface area contributed by atoms with E-state index < -0.39 is 17.8 Å². The van der Waals surface area contributed by atoms with Gasteiger partial charge in [-0.3, -0.25) is 0 Å². The number of hydrogen-bond acceptors (Lipinski definition) is 3. The third-order valence-electron chi connectivity index (χ3n) is 4.91. The zero-order valence-corrected chi connectivity index (χ0v) is 17.1. The average molecular weight is 429 g/mol. The van der Waals surface area contributed by atoms with Crippen LogP contribution in [0.1, 0.15) is 28.4 Å². The van der Waals surface area contributed by atoms with Gasteiger partial charge in [0.15, 0.2) is 0 Å². The molecule has 0 amide bonds. The van der Waals surface area contributed by atoms with E-state index in [4.69, 9.17) is 4.74 Å². The van der Waals surface area contributed by atoms with Crippen molar-refractivity contribution in [1.82, 2.24) is 5.32 Å². The molecule has 0 aliphatic rings. The summed E-state index contributed by atoms with van der Waals surface area (Å²) in [6, 6.07) is 24.8. The molecule has 3 rings (SSSR count). The molecule has 0 unspecified atom stereocenters. The highest BCUT2D eigenvalue weighted by atomic mass is 19.4. The Labute approximate surface area is 180 Å². The first-order valence-electron chi connectivity index (χ1n) is 10.2. The quantitative estimate of drug-likeness (QED) is 0.446. The Bertz CT molecular complexity index is 860. The average Bonchev–Trinajstić information content (AvgIpc) is 2.78. The monoisotopic (exact) mass is 429 g/mol. The molecular weight excluding hydrogens is 403 g/mol. The highest BCUT2D eigenvalue weighted by Gasteiger charge is 2.29. The molecule has 0 heterocycles. The van der Waals surface area contributed by atoms with Crippen LogP contribution in [-0.4, -0.2) is 30.9 Å². The van der Waals surface area contributed by atoms with Crippen molar-refractivity contribution in [2.45, 2.75) is 24.8 Å². The lowest BCUT2D eigenvalue weighted by molar-refractivity contribution is -0.137. The number of aliphatic hydroxyl groups excluding tert-OH is 1. The fraction of sp³-hybridized carbons (Fsp3) is 0.280. The molecule has 0 spiro atoms. The number of ether oxygens (including phenoxy) is 1. The topological polar surface area (TPSA) is 41.5 Å². The number of aliphatic hydroxyl groups is 1. The lowest BCUT2D eigenvalue weighted by Crippen LogP contribution is -2.32. The zero-order valence-electron chi connectivity index (χ0n) is 17.1. The van der Waals surface area contributed by atoms with Crippen LogP contribution in [0.3, 0.4) is 0 Å². The van der Waals surface area contributed by atoms with E-state index in [-0.39, 0.29) is 12.7 Å². The van der Waals surface area contributed by atoms with Crippen molar-refractivity contribution in [2.24, 2.45) is 0 Å². The van der Waals surface area contributed by atoms with Crippen LogP contribution in [0.25, 0.3) is 0 Å². The van der Waals surface area contributed by atoms with Crippen LogP contribution < -0.4 is 5.32 Å². The molecule has 3 aromatic carbocycles. The second-order valence-corrected chi connectivity index (χ2v) is 7.34. The van der Waals surface area contributed by atoms with Gasteiger partial charge in [-0.25, -0.2) is 0 Å². The Morgan fingerprint density at radius 3 is 1.87 bits per heavy atom. The molecule has 0 radical (unpaired) electrons. The fourth-order valence-electron chi connectivity index (χ4n) is 3.27. The molecule has 0 bridgehead atoms. The van der Waals surface area contributed by atoms with Crippen molar-refractivity contribution in [3.8, 4) is 0 Å². The number of rotatable bonds is 10. The standard InChI is InChI=1S/C25H26F3NO2/c26-25(27,28)22-13-11-19(12-14-22)15-16-29-17-23(30)18-31-24(20-7-3-1-4-8-20)21-9-5-2-6-10-21/h1-14,23-24,29-30H,15-18H2/t23-/m1/s1. The Balaban J connectivity index is 1.45. The molecule has 2 N–H and O–H groups in total. The molecular formula is C25H26F3NO2. The molecule has 0 saturated carbocycles. The molecule has 164 valence electrons. The second-order valence-electron chi connectivity index (χ2n) is 7.34. The maximum absolute atomic E-state index is 12.6. The Morgan fingerprint density at radius 2 is 1.35 bits per heavy atom. The predicted octanol–water partition coefficient (Wildman–Crippen LogP) is 5.00. The van der Waals surface area contributed by atoms with Crippen molar-refractivity contribution in [1.29, 1.82) is 0 Å². The van der Waals surface area contributed by atoms with Gasteiger partial charge in [0, 0.05) is 6.54 Å². The van der Waals surface area contributed by atoms with Crippen molar-refractivity contribution in [3.63, 3.8) is 0 Å². The van der Waals surface area contributed by atoms with Crippen molar-refractivity contribution in [3.05, 3.63) is 107 Å². The molecule has 0 aliphatic carbocycles. The summed E-state index contributed by atoms with van der Waals surface area (Å²) < 4.78 is 43.9. The summed E-state index contributed by atoms with van der Waals surface area (Å²) >= 11 is 0. The van der Waals surface area contributed by atoms with Crippen LogP contribution in [0.2, 0.25) is 0 Å². The third-order valence-corrected chi connectivity index (χ3v) is 4.91. The highest BCUT2D eigenvalue weighted by molar-refractivity contribution is 5.30. The van der Waals surface area contributed by atoms with E-state index in [1.54, 1.807) is 0 Å². The summed E-state index contributed by atoms with van der Waals surface area (Å²) in [7, 11) is 0. The first kappa shape index (κ1) is 23.0. The summed E-state index contributed by atoms with van der Waals surface area (Å²) in [4.78, 5) is 0. The summed E-state index contributed by atoms with van der Waals surface area (Å²) in [5.74, 6) is 0. The van der Waals surface area contributed by atoms with E-state index in [1.807, 2.05) is 60.7 Å². The first-order chi connectivity index (χ1) is 14.9. The van der Waals surface area contributed by atoms with Crippen LogP contribution in [-0.2, 0) is 17.3 Å². The van der Waals surface area contributed by atoms with Gasteiger partial charge in [-0.1, -0.05) is 72.8 Å². The van der Waals surface area contributed by atoms with Gasteiger partial charge in [-0.05, 0) is 41.8 Å². The van der Waals surface area contributed by atoms with Crippen molar-refractivity contribution < 1.29 is 23.0 Å². The fourth-order valence-corrected chi connectivity index (χ4v) is 3.27. The lowest BCUT2D eigenvalue weighted by Gasteiger charge is -2.21. The van der Waals surface area contributed by atoms with Crippen LogP contribution >= 0.6 is 0 Å². The smallest absolute Gasteiger partial charge is 0.389 e. The van der Waals surface area contributed by atoms with Crippen LogP contribution in [0, 0.1) is 0 Å². The van der Waals surface area contributed by atoms with Crippen molar-refractivity contribution in [2.75, 3.05) is 19.7 Å². The minimum absolute atomic E-state index is 0.154. The zero-order chi connectivity index (χ0) is 22.1. The van der Waals surface area contributed by atoms with Gasteiger partial charge < -0.3 is 15.2 Å². The minimum Gasteiger partial charge on any atom is -0.389 e. The predicted molar refractivity (Wildman–Crippen MR) is 115 cm³/mol. The van der Waals surface area contributed by atoms with E-state index in [0.717, 1.165) is 28.8 Å². The van der Waals surface area contributed by atoms with Gasteiger partial charge in [0.05, 0.1) is 18.3 Å². The summed E-state index contributed by atoms with van der Waals surface area (Å²) in [5.41, 5.74) is 2.18. The Hall–Kier alpha value is -2.67. The van der Waals surface area contributed by atoms with Crippen LogP contribution in [0.4, 0.5) is 13.2 Å². The number of halogens is 3. The maximum Gasteiger partial charge on any atom is 0.416 e. The van der Waals surface area contributed by atoms with Gasteiger partial charge in [-0.15, -0.1) is 0 Å². The van der Waals surface area contributed by atoms with E-state index in [9.17, 15) is 18.3 Å². The molecule has 0 aromatic heterocycles. The molecule has 1 atom stereocenters. The van der Waals surface area contributed by atoms with E-state index in [0.29, 0.717) is 19.5 Å². The molecule has 0 fully saturated rings. The highest BCUT2D eigenvalue weighted by Crippen LogP contribution is 2.29. The van der Waals surface area contributed by atoms with Gasteiger partial charge in [0.1, 0.15) is 6.10 Å². The third kappa shape index (κ3) is 7.21. The minimum atomic E-state index is -4.32. The number of benzene rings is 3. The summed E-state index contributed by atoms with van der Waals surface area (Å²) in [6.07, 6.45) is -4.73. The Kier molecular flexibility index (Phi) is 8.23. The number of hydrogen-bond donors (Lipinski definition) is 2. The molecule has 6 heteroatoms. The van der Waals surface area contributed by atoms with Gasteiger partial charge in [0.25, 0.3) is 0 Å². The van der Waals surface area contributed by atoms with E-state index >= 15 is 0 Å². The maximum atomic E-state index is 12.6. The van der Waals surface area contributed by atoms with E-state index in [1.165, 1.54) is 12.1 Å². The lowest BCUT2D eigenvalue weighted by atomic mass is 10.0. The first-order valence-corrected chi connectivity index (χ1v) is 10.2. The van der Waals surface area contributed by atoms with Crippen LogP contribution in [0.5, 0.6) is 0 Å². The Morgan fingerprint density at radius 1 is 0.806 bits per heavy atom. The van der Waals surface area contributed by atoms with Crippen LogP contribution in [0.15, 0.2) is 84.9 Å². The number of nitrogens with one attached hydrogen (secondary N) is 1. The largest absolute Gasteiger partial charge is 0.416 e. The molecule has 0 aliphatic heterocycles. The summed E-state index contributed by atoms with van der Waals surface area (Å²) in [5, 5.41) is 13.4. The van der Waals surface area contributed by atoms with Crippen molar-refractivity contribution >= 4 is 0 Å². The SMILES string of the molecule is O[C@H](CNCCc1ccc(C(F)(F)F)cc1)COC(c1ccccc1)c1ccccc1. The second kappa shape index (κ2) is 11.1. The van der Waals surface area contributed by atoms with Gasteiger partial charge in [-0.2, -0.15) is 13.2 Å². The van der Waals surface area contributed by atoms with E-state index in [2.05, 4.69) is 5.32 Å². The number of alkyl halides is 3. The summed E-state index contributed by atoms with van der Waals surface area (Å²) in [6.45, 7) is 1.03.